The van der Waals surface area contributed by atoms with Crippen LogP contribution in [0.25, 0.3) is 0 Å². The molecule has 0 aliphatic carbocycles. The van der Waals surface area contributed by atoms with E-state index < -0.39 is 5.54 Å². The Morgan fingerprint density at radius 1 is 1.58 bits per heavy atom. The molecule has 1 aliphatic rings. The van der Waals surface area contributed by atoms with Crippen LogP contribution in [-0.4, -0.2) is 36.4 Å². The lowest BCUT2D eigenvalue weighted by atomic mass is 10.0. The fraction of sp³-hybridized carbons (Fsp3) is 0.429. The normalized spacial score (nSPS) is 23.0. The molecule has 0 saturated carbocycles. The molecule has 1 aromatic carbocycles. The van der Waals surface area contributed by atoms with Gasteiger partial charge in [0.15, 0.2) is 5.54 Å². The van der Waals surface area contributed by atoms with Crippen molar-refractivity contribution in [3.05, 3.63) is 35.6 Å². The minimum absolute atomic E-state index is 0.290. The van der Waals surface area contributed by atoms with Crippen molar-refractivity contribution in [2.45, 2.75) is 25.3 Å². The van der Waals surface area contributed by atoms with Crippen molar-refractivity contribution >= 4 is 12.2 Å². The second-order valence-electron chi connectivity index (χ2n) is 4.79. The molecule has 1 aromatic rings. The summed E-state index contributed by atoms with van der Waals surface area (Å²) >= 11 is 0. The van der Waals surface area contributed by atoms with Gasteiger partial charge in [0.2, 0.25) is 0 Å². The fourth-order valence-electron chi connectivity index (χ4n) is 2.28. The van der Waals surface area contributed by atoms with Gasteiger partial charge in [-0.05, 0) is 37.5 Å². The average molecular weight is 264 g/mol. The molecule has 1 atom stereocenters. The minimum atomic E-state index is -0.724. The summed E-state index contributed by atoms with van der Waals surface area (Å²) < 4.78 is 17.9. The number of hydrazone groups is 1. The Hall–Kier alpha value is -1.91. The van der Waals surface area contributed by atoms with Gasteiger partial charge in [0.05, 0.1) is 13.3 Å². The van der Waals surface area contributed by atoms with Crippen LogP contribution in [0, 0.1) is 5.82 Å². The van der Waals surface area contributed by atoms with Gasteiger partial charge in [0.25, 0.3) is 0 Å². The molecule has 2 rings (SSSR count). The zero-order chi connectivity index (χ0) is 13.9. The van der Waals surface area contributed by atoms with Crippen molar-refractivity contribution < 1.29 is 13.9 Å². The van der Waals surface area contributed by atoms with E-state index in [9.17, 15) is 9.18 Å². The average Bonchev–Trinajstić information content (AvgIpc) is 2.78. The zero-order valence-corrected chi connectivity index (χ0v) is 11.1. The van der Waals surface area contributed by atoms with Gasteiger partial charge in [-0.25, -0.2) is 9.18 Å². The van der Waals surface area contributed by atoms with Crippen molar-refractivity contribution in [3.63, 3.8) is 0 Å². The topological polar surface area (TPSA) is 41.9 Å². The smallest absolute Gasteiger partial charge is 0.333 e. The largest absolute Gasteiger partial charge is 0.467 e. The van der Waals surface area contributed by atoms with Gasteiger partial charge in [0.1, 0.15) is 5.82 Å². The van der Waals surface area contributed by atoms with Crippen LogP contribution in [0.3, 0.4) is 0 Å². The number of carbonyl (C=O) groups excluding carboxylic acids is 1. The third-order valence-corrected chi connectivity index (χ3v) is 3.42. The van der Waals surface area contributed by atoms with Crippen LogP contribution in [0.1, 0.15) is 25.3 Å². The number of halogens is 1. The van der Waals surface area contributed by atoms with Crippen LogP contribution >= 0.6 is 0 Å². The molecule has 4 nitrogen and oxygen atoms in total. The first-order chi connectivity index (χ1) is 9.06. The van der Waals surface area contributed by atoms with Crippen LogP contribution in [0.5, 0.6) is 0 Å². The van der Waals surface area contributed by atoms with Crippen LogP contribution in [0.15, 0.2) is 29.4 Å². The number of hydrogen-bond acceptors (Lipinski definition) is 4. The number of rotatable bonds is 3. The maximum atomic E-state index is 13.1. The van der Waals surface area contributed by atoms with E-state index in [0.717, 1.165) is 6.42 Å². The standard InChI is InChI=1S/C14H17FN2O2/c1-14(13(18)19-2)7-4-8-17(14)16-10-11-5-3-6-12(15)9-11/h3,5-6,9-10H,4,7-8H2,1-2H3/b16-10+/t14-/m0/s1. The van der Waals surface area contributed by atoms with Crippen LogP contribution in [0.2, 0.25) is 0 Å². The Bertz CT molecular complexity index is 504. The Morgan fingerprint density at radius 2 is 2.37 bits per heavy atom. The number of ether oxygens (including phenoxy) is 1. The first-order valence-corrected chi connectivity index (χ1v) is 6.22. The van der Waals surface area contributed by atoms with Gasteiger partial charge >= 0.3 is 5.97 Å². The summed E-state index contributed by atoms with van der Waals surface area (Å²) in [6.07, 6.45) is 3.15. The van der Waals surface area contributed by atoms with Crippen LogP contribution < -0.4 is 0 Å². The molecular formula is C14H17FN2O2. The molecule has 1 saturated heterocycles. The van der Waals surface area contributed by atoms with Crippen LogP contribution in [0.4, 0.5) is 4.39 Å². The first kappa shape index (κ1) is 13.5. The van der Waals surface area contributed by atoms with Gasteiger partial charge in [-0.15, -0.1) is 0 Å². The molecule has 1 heterocycles. The first-order valence-electron chi connectivity index (χ1n) is 6.22. The highest BCUT2D eigenvalue weighted by atomic mass is 19.1. The number of benzene rings is 1. The summed E-state index contributed by atoms with van der Waals surface area (Å²) in [5.41, 5.74) is -0.0578. The lowest BCUT2D eigenvalue weighted by molar-refractivity contribution is -0.152. The fourth-order valence-corrected chi connectivity index (χ4v) is 2.28. The third-order valence-electron chi connectivity index (χ3n) is 3.42. The molecule has 5 heteroatoms. The quantitative estimate of drug-likeness (QED) is 0.620. The Balaban J connectivity index is 2.16. The van der Waals surface area contributed by atoms with Gasteiger partial charge in [-0.2, -0.15) is 5.10 Å². The van der Waals surface area contributed by atoms with E-state index >= 15 is 0 Å². The number of methoxy groups -OCH3 is 1. The molecule has 0 aromatic heterocycles. The summed E-state index contributed by atoms with van der Waals surface area (Å²) in [5.74, 6) is -0.595. The van der Waals surface area contributed by atoms with E-state index in [2.05, 4.69) is 5.10 Å². The summed E-state index contributed by atoms with van der Waals surface area (Å²) in [7, 11) is 1.38. The van der Waals surface area contributed by atoms with Crippen molar-refractivity contribution in [2.75, 3.05) is 13.7 Å². The van der Waals surface area contributed by atoms with Gasteiger partial charge < -0.3 is 4.74 Å². The molecule has 0 spiro atoms. The number of esters is 1. The highest BCUT2D eigenvalue weighted by molar-refractivity contribution is 5.82. The molecule has 1 fully saturated rings. The molecule has 0 unspecified atom stereocenters. The summed E-state index contributed by atoms with van der Waals surface area (Å²) in [6, 6.07) is 6.17. The molecule has 0 N–H and O–H groups in total. The number of nitrogens with zero attached hydrogens (tertiary/aromatic N) is 2. The van der Waals surface area contributed by atoms with E-state index in [-0.39, 0.29) is 11.8 Å². The maximum absolute atomic E-state index is 13.1. The number of carbonyl (C=O) groups is 1. The van der Waals surface area contributed by atoms with E-state index in [1.807, 2.05) is 6.92 Å². The molecule has 0 radical (unpaired) electrons. The zero-order valence-electron chi connectivity index (χ0n) is 11.1. The van der Waals surface area contributed by atoms with Gasteiger partial charge in [-0.3, -0.25) is 5.01 Å². The summed E-state index contributed by atoms with van der Waals surface area (Å²) in [4.78, 5) is 11.8. The monoisotopic (exact) mass is 264 g/mol. The molecule has 19 heavy (non-hydrogen) atoms. The Labute approximate surface area is 111 Å². The molecule has 1 aliphatic heterocycles. The molecular weight excluding hydrogens is 247 g/mol. The Morgan fingerprint density at radius 3 is 3.05 bits per heavy atom. The lowest BCUT2D eigenvalue weighted by Gasteiger charge is -2.29. The van der Waals surface area contributed by atoms with Crippen molar-refractivity contribution in [1.29, 1.82) is 0 Å². The van der Waals surface area contributed by atoms with E-state index in [1.165, 1.54) is 19.2 Å². The van der Waals surface area contributed by atoms with Crippen molar-refractivity contribution in [3.8, 4) is 0 Å². The van der Waals surface area contributed by atoms with Crippen LogP contribution in [-0.2, 0) is 9.53 Å². The van der Waals surface area contributed by atoms with E-state index in [0.29, 0.717) is 18.5 Å². The highest BCUT2D eigenvalue weighted by Crippen LogP contribution is 2.30. The van der Waals surface area contributed by atoms with Gasteiger partial charge in [-0.1, -0.05) is 12.1 Å². The summed E-state index contributed by atoms with van der Waals surface area (Å²) in [5, 5.41) is 6.01. The molecule has 0 bridgehead atoms. The Kier molecular flexibility index (Phi) is 3.83. The second kappa shape index (κ2) is 5.38. The third kappa shape index (κ3) is 2.75. The van der Waals surface area contributed by atoms with E-state index in [4.69, 9.17) is 4.74 Å². The second-order valence-corrected chi connectivity index (χ2v) is 4.79. The summed E-state index contributed by atoms with van der Waals surface area (Å²) in [6.45, 7) is 2.51. The minimum Gasteiger partial charge on any atom is -0.467 e. The predicted molar refractivity (Wildman–Crippen MR) is 70.4 cm³/mol. The SMILES string of the molecule is COC(=O)[C@]1(C)CCCN1/N=C/c1cccc(F)c1. The van der Waals surface area contributed by atoms with Crippen molar-refractivity contribution in [2.24, 2.45) is 5.10 Å². The van der Waals surface area contributed by atoms with E-state index in [1.54, 1.807) is 23.4 Å². The predicted octanol–water partition coefficient (Wildman–Crippen LogP) is 2.19. The molecule has 102 valence electrons. The maximum Gasteiger partial charge on any atom is 0.333 e. The lowest BCUT2D eigenvalue weighted by Crippen LogP contribution is -2.45. The van der Waals surface area contributed by atoms with Gasteiger partial charge in [0, 0.05) is 6.54 Å². The molecule has 0 amide bonds. The number of hydrogen-bond donors (Lipinski definition) is 0. The highest BCUT2D eigenvalue weighted by Gasteiger charge is 2.44. The van der Waals surface area contributed by atoms with Crippen molar-refractivity contribution in [1.82, 2.24) is 5.01 Å².